The molecule has 2 aliphatic rings. The Morgan fingerprint density at radius 2 is 1.59 bits per heavy atom. The maximum Gasteiger partial charge on any atom is 0.255 e. The van der Waals surface area contributed by atoms with Crippen molar-refractivity contribution in [3.63, 3.8) is 0 Å². The molecular weight excluding hydrogens is 480 g/mol. The first kappa shape index (κ1) is 24.6. The minimum Gasteiger partial charge on any atom is -0.340 e. The molecule has 0 aliphatic carbocycles. The highest BCUT2D eigenvalue weighted by Gasteiger charge is 2.37. The van der Waals surface area contributed by atoms with Crippen LogP contribution in [0.4, 0.5) is 11.4 Å². The molecule has 1 unspecified atom stereocenters. The van der Waals surface area contributed by atoms with Gasteiger partial charge in [-0.3, -0.25) is 9.59 Å². The quantitative estimate of drug-likeness (QED) is 0.395. The number of thioether (sulfide) groups is 1. The van der Waals surface area contributed by atoms with Crippen molar-refractivity contribution in [1.29, 1.82) is 0 Å². The van der Waals surface area contributed by atoms with Crippen LogP contribution in [-0.2, 0) is 9.59 Å². The predicted molar refractivity (Wildman–Crippen MR) is 152 cm³/mol. The second-order valence-corrected chi connectivity index (χ2v) is 9.93. The number of allylic oxidation sites excluding steroid dienone is 1. The Balaban J connectivity index is 1.38. The molecule has 0 saturated carbocycles. The number of nitrogens with one attached hydrogen (secondary N) is 2. The number of para-hydroxylation sites is 1. The third-order valence-corrected chi connectivity index (χ3v) is 7.33. The summed E-state index contributed by atoms with van der Waals surface area (Å²) >= 11 is 1.73. The van der Waals surface area contributed by atoms with Gasteiger partial charge < -0.3 is 15.5 Å². The minimum atomic E-state index is -0.258. The van der Waals surface area contributed by atoms with Crippen molar-refractivity contribution in [1.82, 2.24) is 4.90 Å². The summed E-state index contributed by atoms with van der Waals surface area (Å²) in [5, 5.41) is 6.91. The molecule has 1 fully saturated rings. The summed E-state index contributed by atoms with van der Waals surface area (Å²) in [5.74, 6) is 0.660. The maximum absolute atomic E-state index is 13.5. The van der Waals surface area contributed by atoms with E-state index in [0.717, 1.165) is 46.4 Å². The summed E-state index contributed by atoms with van der Waals surface area (Å²) in [6.45, 7) is 2.73. The summed E-state index contributed by atoms with van der Waals surface area (Å²) in [4.78, 5) is 32.9. The molecule has 2 aliphatic heterocycles. The number of hydrogen-bond acceptors (Lipinski definition) is 5. The number of rotatable bonds is 6. The van der Waals surface area contributed by atoms with Crippen molar-refractivity contribution < 1.29 is 9.59 Å². The van der Waals surface area contributed by atoms with Gasteiger partial charge in [0.25, 0.3) is 5.91 Å². The van der Waals surface area contributed by atoms with Gasteiger partial charge in [0.1, 0.15) is 0 Å². The predicted octanol–water partition coefficient (Wildman–Crippen LogP) is 6.10. The number of hydrogen-bond donors (Lipinski definition) is 2. The van der Waals surface area contributed by atoms with E-state index in [9.17, 15) is 9.59 Å². The molecule has 3 aromatic carbocycles. The van der Waals surface area contributed by atoms with E-state index in [4.69, 9.17) is 4.99 Å². The highest BCUT2D eigenvalue weighted by molar-refractivity contribution is 8.13. The van der Waals surface area contributed by atoms with E-state index in [1.807, 2.05) is 91.9 Å². The van der Waals surface area contributed by atoms with E-state index in [2.05, 4.69) is 15.5 Å². The van der Waals surface area contributed by atoms with Crippen molar-refractivity contribution in [2.24, 2.45) is 4.99 Å². The number of amidine groups is 1. The number of amides is 2. The number of nitrogens with zero attached hydrogens (tertiary/aromatic N) is 2. The van der Waals surface area contributed by atoms with Crippen molar-refractivity contribution in [2.75, 3.05) is 22.9 Å². The van der Waals surface area contributed by atoms with Gasteiger partial charge in [-0.1, -0.05) is 72.4 Å². The van der Waals surface area contributed by atoms with Crippen LogP contribution in [0.1, 0.15) is 30.5 Å². The van der Waals surface area contributed by atoms with Gasteiger partial charge in [-0.2, -0.15) is 0 Å². The van der Waals surface area contributed by atoms with Gasteiger partial charge in [-0.15, -0.1) is 0 Å². The highest BCUT2D eigenvalue weighted by Crippen LogP contribution is 2.40. The summed E-state index contributed by atoms with van der Waals surface area (Å²) in [5.41, 5.74) is 4.74. The van der Waals surface area contributed by atoms with Crippen molar-refractivity contribution in [3.05, 3.63) is 113 Å². The molecule has 2 N–H and O–H groups in total. The molecule has 0 radical (unpaired) electrons. The number of aliphatic imine (C=N–C) groups is 1. The zero-order valence-corrected chi connectivity index (χ0v) is 21.4. The average molecular weight is 509 g/mol. The molecule has 37 heavy (non-hydrogen) atoms. The van der Waals surface area contributed by atoms with Crippen LogP contribution >= 0.6 is 11.8 Å². The molecule has 0 aromatic heterocycles. The molecule has 0 bridgehead atoms. The smallest absolute Gasteiger partial charge is 0.255 e. The van der Waals surface area contributed by atoms with E-state index in [1.54, 1.807) is 17.8 Å². The van der Waals surface area contributed by atoms with Crippen LogP contribution in [0.2, 0.25) is 0 Å². The maximum atomic E-state index is 13.5. The van der Waals surface area contributed by atoms with Gasteiger partial charge in [0.15, 0.2) is 5.17 Å². The lowest BCUT2D eigenvalue weighted by Crippen LogP contribution is -2.43. The zero-order chi connectivity index (χ0) is 25.6. The lowest BCUT2D eigenvalue weighted by molar-refractivity contribution is -0.113. The fourth-order valence-corrected chi connectivity index (χ4v) is 5.51. The van der Waals surface area contributed by atoms with Gasteiger partial charge in [-0.05, 0) is 54.8 Å². The van der Waals surface area contributed by atoms with Gasteiger partial charge in [0, 0.05) is 29.7 Å². The van der Waals surface area contributed by atoms with Gasteiger partial charge in [0.05, 0.1) is 17.3 Å². The van der Waals surface area contributed by atoms with Crippen LogP contribution in [0.15, 0.2) is 107 Å². The van der Waals surface area contributed by atoms with Crippen LogP contribution in [0.3, 0.4) is 0 Å². The molecule has 2 amide bonds. The van der Waals surface area contributed by atoms with Crippen LogP contribution in [-0.4, -0.2) is 34.2 Å². The Labute approximate surface area is 221 Å². The fourth-order valence-electron chi connectivity index (χ4n) is 4.49. The number of carbonyl (C=O) groups is 2. The van der Waals surface area contributed by atoms with Crippen molar-refractivity contribution >= 4 is 46.2 Å². The molecule has 7 heteroatoms. The van der Waals surface area contributed by atoms with Crippen LogP contribution in [0.25, 0.3) is 6.08 Å². The third kappa shape index (κ3) is 5.84. The lowest BCUT2D eigenvalue weighted by atomic mass is 9.93. The lowest BCUT2D eigenvalue weighted by Gasteiger charge is -2.40. The molecule has 0 spiro atoms. The monoisotopic (exact) mass is 508 g/mol. The van der Waals surface area contributed by atoms with Crippen LogP contribution in [0, 0.1) is 0 Å². The SMILES string of the molecule is CC1=C(C(=O)Nc2ccccc2)C(c2ccc(NC(=O)/C=C/c3ccccc3)cc2)N2CCCSC2=N1. The highest BCUT2D eigenvalue weighted by atomic mass is 32.2. The number of anilines is 2. The second-order valence-electron chi connectivity index (χ2n) is 8.87. The largest absolute Gasteiger partial charge is 0.340 e. The molecule has 2 heterocycles. The molecule has 6 nitrogen and oxygen atoms in total. The van der Waals surface area contributed by atoms with Crippen molar-refractivity contribution in [2.45, 2.75) is 19.4 Å². The second kappa shape index (κ2) is 11.3. The normalized spacial score (nSPS) is 17.3. The summed E-state index contributed by atoms with van der Waals surface area (Å²) in [6, 6.07) is 26.6. The first-order chi connectivity index (χ1) is 18.1. The van der Waals surface area contributed by atoms with Crippen molar-refractivity contribution in [3.8, 4) is 0 Å². The molecule has 5 rings (SSSR count). The van der Waals surface area contributed by atoms with E-state index in [-0.39, 0.29) is 17.9 Å². The fraction of sp³-hybridized carbons (Fsp3) is 0.167. The topological polar surface area (TPSA) is 73.8 Å². The summed E-state index contributed by atoms with van der Waals surface area (Å²) < 4.78 is 0. The van der Waals surface area contributed by atoms with Gasteiger partial charge in [0.2, 0.25) is 5.91 Å². The molecule has 1 atom stereocenters. The van der Waals surface area contributed by atoms with E-state index < -0.39 is 0 Å². The number of carbonyl (C=O) groups excluding carboxylic acids is 2. The Morgan fingerprint density at radius 1 is 0.919 bits per heavy atom. The summed E-state index contributed by atoms with van der Waals surface area (Å²) in [7, 11) is 0. The third-order valence-electron chi connectivity index (χ3n) is 6.26. The van der Waals surface area contributed by atoms with Gasteiger partial charge in [-0.25, -0.2) is 4.99 Å². The molecular formula is C30H28N4O2S. The van der Waals surface area contributed by atoms with E-state index in [0.29, 0.717) is 11.3 Å². The Morgan fingerprint density at radius 3 is 2.32 bits per heavy atom. The van der Waals surface area contributed by atoms with Gasteiger partial charge >= 0.3 is 0 Å². The number of benzene rings is 3. The standard InChI is InChI=1S/C30H28N4O2S/c1-21-27(29(36)33-24-11-6-3-7-12-24)28(34-19-8-20-37-30(34)31-21)23-14-16-25(17-15-23)32-26(35)18-13-22-9-4-2-5-10-22/h2-7,9-18,28H,8,19-20H2,1H3,(H,32,35)(H,33,36)/b18-13+. The molecule has 186 valence electrons. The van der Waals surface area contributed by atoms with Crippen LogP contribution < -0.4 is 10.6 Å². The molecule has 3 aromatic rings. The zero-order valence-electron chi connectivity index (χ0n) is 20.6. The van der Waals surface area contributed by atoms with Crippen LogP contribution in [0.5, 0.6) is 0 Å². The van der Waals surface area contributed by atoms with E-state index >= 15 is 0 Å². The number of fused-ring (bicyclic) bond motifs is 1. The average Bonchev–Trinajstić information content (AvgIpc) is 2.93. The Kier molecular flexibility index (Phi) is 7.51. The Bertz CT molecular complexity index is 1370. The van der Waals surface area contributed by atoms with E-state index in [1.165, 1.54) is 6.08 Å². The minimum absolute atomic E-state index is 0.157. The Hall–Kier alpha value is -4.10. The first-order valence-corrected chi connectivity index (χ1v) is 13.3. The first-order valence-electron chi connectivity index (χ1n) is 12.3. The summed E-state index contributed by atoms with van der Waals surface area (Å²) in [6.07, 6.45) is 4.33. The molecule has 1 saturated heterocycles.